The lowest BCUT2D eigenvalue weighted by Crippen LogP contribution is -2.07. The molecule has 0 aromatic carbocycles. The van der Waals surface area contributed by atoms with Gasteiger partial charge >= 0.3 is 0 Å². The van der Waals surface area contributed by atoms with Gasteiger partial charge in [-0.3, -0.25) is 0 Å². The Bertz CT molecular complexity index is 286. The van der Waals surface area contributed by atoms with E-state index >= 15 is 0 Å². The van der Waals surface area contributed by atoms with Gasteiger partial charge in [-0.1, -0.05) is 11.6 Å². The van der Waals surface area contributed by atoms with Crippen LogP contribution < -0.4 is 5.73 Å². The predicted octanol–water partition coefficient (Wildman–Crippen LogP) is 2.91. The molecule has 0 aliphatic heterocycles. The summed E-state index contributed by atoms with van der Waals surface area (Å²) in [5, 5.41) is 0. The molecule has 0 saturated heterocycles. The van der Waals surface area contributed by atoms with Gasteiger partial charge in [-0.25, -0.2) is 0 Å². The summed E-state index contributed by atoms with van der Waals surface area (Å²) < 4.78 is 0. The Morgan fingerprint density at radius 3 is 2.33 bits per heavy atom. The minimum absolute atomic E-state index is 0.972. The Kier molecular flexibility index (Phi) is 2.41. The third-order valence-corrected chi connectivity index (χ3v) is 2.37. The Labute approximate surface area is 74.7 Å². The average molecular weight is 163 g/mol. The van der Waals surface area contributed by atoms with E-state index in [-0.39, 0.29) is 0 Å². The van der Waals surface area contributed by atoms with Crippen LogP contribution in [0.1, 0.15) is 34.1 Å². The van der Waals surface area contributed by atoms with E-state index in [0.717, 1.165) is 12.1 Å². The van der Waals surface area contributed by atoms with Gasteiger partial charge in [0.15, 0.2) is 0 Å². The molecule has 0 aromatic heterocycles. The van der Waals surface area contributed by atoms with E-state index in [1.165, 1.54) is 22.3 Å². The highest BCUT2D eigenvalue weighted by Crippen LogP contribution is 2.26. The van der Waals surface area contributed by atoms with Gasteiger partial charge in [0, 0.05) is 5.70 Å². The van der Waals surface area contributed by atoms with Crippen LogP contribution in [0.25, 0.3) is 0 Å². The van der Waals surface area contributed by atoms with Crippen LogP contribution in [0.5, 0.6) is 0 Å². The molecule has 66 valence electrons. The summed E-state index contributed by atoms with van der Waals surface area (Å²) in [4.78, 5) is 0. The lowest BCUT2D eigenvalue weighted by molar-refractivity contribution is 1.02. The lowest BCUT2D eigenvalue weighted by atomic mass is 9.92. The van der Waals surface area contributed by atoms with Crippen molar-refractivity contribution in [1.29, 1.82) is 0 Å². The fourth-order valence-electron chi connectivity index (χ4n) is 1.43. The molecule has 1 aliphatic rings. The van der Waals surface area contributed by atoms with Crippen molar-refractivity contribution in [3.63, 3.8) is 0 Å². The second-order valence-corrected chi connectivity index (χ2v) is 3.72. The Morgan fingerprint density at radius 2 is 1.92 bits per heavy atom. The second-order valence-electron chi connectivity index (χ2n) is 3.72. The molecular weight excluding hydrogens is 146 g/mol. The molecule has 12 heavy (non-hydrogen) atoms. The van der Waals surface area contributed by atoms with Gasteiger partial charge in [0.25, 0.3) is 0 Å². The summed E-state index contributed by atoms with van der Waals surface area (Å²) in [6, 6.07) is 0. The first-order valence-electron chi connectivity index (χ1n) is 4.32. The Morgan fingerprint density at radius 1 is 1.33 bits per heavy atom. The van der Waals surface area contributed by atoms with Crippen molar-refractivity contribution < 1.29 is 0 Å². The van der Waals surface area contributed by atoms with Gasteiger partial charge in [0.05, 0.1) is 0 Å². The first-order chi connectivity index (χ1) is 5.52. The zero-order chi connectivity index (χ0) is 9.30. The molecule has 0 spiro atoms. The quantitative estimate of drug-likeness (QED) is 0.584. The number of hydrogen-bond acceptors (Lipinski definition) is 1. The fourth-order valence-corrected chi connectivity index (χ4v) is 1.43. The summed E-state index contributed by atoms with van der Waals surface area (Å²) in [6.45, 7) is 8.47. The zero-order valence-electron chi connectivity index (χ0n) is 8.36. The minimum Gasteiger partial charge on any atom is -0.399 e. The summed E-state index contributed by atoms with van der Waals surface area (Å²) in [5.74, 6) is 0. The van der Waals surface area contributed by atoms with Gasteiger partial charge in [-0.05, 0) is 50.8 Å². The van der Waals surface area contributed by atoms with Crippen LogP contribution in [0, 0.1) is 0 Å². The van der Waals surface area contributed by atoms with E-state index in [0.29, 0.717) is 0 Å². The molecule has 0 saturated carbocycles. The number of rotatable bonds is 0. The highest BCUT2D eigenvalue weighted by atomic mass is 14.6. The molecule has 1 aliphatic carbocycles. The first-order valence-corrected chi connectivity index (χ1v) is 4.32. The van der Waals surface area contributed by atoms with Crippen LogP contribution in [0.3, 0.4) is 0 Å². The summed E-state index contributed by atoms with van der Waals surface area (Å²) >= 11 is 0. The minimum atomic E-state index is 0.972. The van der Waals surface area contributed by atoms with E-state index in [9.17, 15) is 0 Å². The van der Waals surface area contributed by atoms with Crippen molar-refractivity contribution in [1.82, 2.24) is 0 Å². The molecule has 0 aromatic rings. The van der Waals surface area contributed by atoms with Crippen molar-refractivity contribution in [3.05, 3.63) is 34.1 Å². The predicted molar refractivity (Wildman–Crippen MR) is 53.6 cm³/mol. The molecule has 0 amide bonds. The molecule has 0 heterocycles. The maximum Gasteiger partial charge on any atom is 0.0336 e. The highest BCUT2D eigenvalue weighted by molar-refractivity contribution is 5.45. The maximum atomic E-state index is 5.87. The summed E-state index contributed by atoms with van der Waals surface area (Å²) in [7, 11) is 0. The molecule has 1 rings (SSSR count). The lowest BCUT2D eigenvalue weighted by Gasteiger charge is -2.17. The third-order valence-electron chi connectivity index (χ3n) is 2.37. The molecule has 0 radical (unpaired) electrons. The van der Waals surface area contributed by atoms with Crippen molar-refractivity contribution in [2.75, 3.05) is 0 Å². The molecule has 1 heteroatoms. The average Bonchev–Trinajstić information content (AvgIpc) is 1.99. The van der Waals surface area contributed by atoms with Crippen LogP contribution in [0.15, 0.2) is 34.1 Å². The molecule has 0 atom stereocenters. The zero-order valence-corrected chi connectivity index (χ0v) is 8.36. The van der Waals surface area contributed by atoms with E-state index in [1.807, 2.05) is 0 Å². The smallest absolute Gasteiger partial charge is 0.0336 e. The molecule has 0 bridgehead atoms. The monoisotopic (exact) mass is 163 g/mol. The van der Waals surface area contributed by atoms with Crippen LogP contribution in [-0.4, -0.2) is 0 Å². The standard InChI is InChI=1S/C11H17N/c1-7(2)10-5-8(3)11(12)9(4)6-10/h5H,6,12H2,1-4H3. The van der Waals surface area contributed by atoms with Gasteiger partial charge in [-0.2, -0.15) is 0 Å². The van der Waals surface area contributed by atoms with Gasteiger partial charge < -0.3 is 5.73 Å². The van der Waals surface area contributed by atoms with E-state index in [1.54, 1.807) is 0 Å². The SMILES string of the molecule is CC1=CC(=C(C)C)CC(C)=C1N. The Balaban J connectivity index is 3.08. The normalized spacial score (nSPS) is 18.0. The van der Waals surface area contributed by atoms with Gasteiger partial charge in [0.2, 0.25) is 0 Å². The number of nitrogens with two attached hydrogens (primary N) is 1. The van der Waals surface area contributed by atoms with Crippen LogP contribution >= 0.6 is 0 Å². The Hall–Kier alpha value is -0.980. The van der Waals surface area contributed by atoms with E-state index in [2.05, 4.69) is 33.8 Å². The molecule has 0 fully saturated rings. The van der Waals surface area contributed by atoms with Crippen molar-refractivity contribution in [2.45, 2.75) is 34.1 Å². The van der Waals surface area contributed by atoms with Gasteiger partial charge in [-0.15, -0.1) is 0 Å². The highest BCUT2D eigenvalue weighted by Gasteiger charge is 2.10. The molecule has 0 unspecified atom stereocenters. The van der Waals surface area contributed by atoms with Crippen molar-refractivity contribution in [3.8, 4) is 0 Å². The topological polar surface area (TPSA) is 26.0 Å². The fraction of sp³-hybridized carbons (Fsp3) is 0.455. The second kappa shape index (κ2) is 3.18. The van der Waals surface area contributed by atoms with Crippen molar-refractivity contribution >= 4 is 0 Å². The van der Waals surface area contributed by atoms with Crippen LogP contribution in [-0.2, 0) is 0 Å². The van der Waals surface area contributed by atoms with E-state index in [4.69, 9.17) is 5.73 Å². The third kappa shape index (κ3) is 1.60. The van der Waals surface area contributed by atoms with Crippen LogP contribution in [0.4, 0.5) is 0 Å². The largest absolute Gasteiger partial charge is 0.399 e. The van der Waals surface area contributed by atoms with E-state index < -0.39 is 0 Å². The summed E-state index contributed by atoms with van der Waals surface area (Å²) in [5.41, 5.74) is 12.2. The first kappa shape index (κ1) is 9.11. The molecular formula is C11H17N. The molecule has 2 N–H and O–H groups in total. The number of hydrogen-bond donors (Lipinski definition) is 1. The van der Waals surface area contributed by atoms with Crippen LogP contribution in [0.2, 0.25) is 0 Å². The maximum absolute atomic E-state index is 5.87. The van der Waals surface area contributed by atoms with Crippen molar-refractivity contribution in [2.24, 2.45) is 5.73 Å². The van der Waals surface area contributed by atoms with Gasteiger partial charge in [0.1, 0.15) is 0 Å². The molecule has 1 nitrogen and oxygen atoms in total. The summed E-state index contributed by atoms with van der Waals surface area (Å²) in [6.07, 6.45) is 3.21. The number of allylic oxidation sites excluding steroid dienone is 5.